The van der Waals surface area contributed by atoms with Crippen molar-refractivity contribution < 1.29 is 4.42 Å². The fourth-order valence-corrected chi connectivity index (χ4v) is 10.7. The van der Waals surface area contributed by atoms with Gasteiger partial charge < -0.3 is 9.32 Å². The van der Waals surface area contributed by atoms with Crippen molar-refractivity contribution in [3.63, 3.8) is 0 Å². The van der Waals surface area contributed by atoms with Gasteiger partial charge in [0.2, 0.25) is 0 Å². The molecule has 0 unspecified atom stereocenters. The molecule has 1 aromatic heterocycles. The summed E-state index contributed by atoms with van der Waals surface area (Å²) in [6, 6.07) is 84.7. The van der Waals surface area contributed by atoms with E-state index < -0.39 is 10.8 Å². The number of nitrogens with zero attached hydrogens (tertiary/aromatic N) is 1. The molecular formula is C58H39NO. The van der Waals surface area contributed by atoms with Crippen LogP contribution >= 0.6 is 0 Å². The number of hydrogen-bond donors (Lipinski definition) is 0. The van der Waals surface area contributed by atoms with E-state index in [1.165, 1.54) is 66.8 Å². The summed E-state index contributed by atoms with van der Waals surface area (Å²) in [5.74, 6) is 0. The molecular weight excluding hydrogens is 727 g/mol. The molecule has 0 radical (unpaired) electrons. The number of hydrogen-bond acceptors (Lipinski definition) is 2. The van der Waals surface area contributed by atoms with Crippen LogP contribution in [0.25, 0.3) is 33.2 Å². The van der Waals surface area contributed by atoms with Gasteiger partial charge in [0, 0.05) is 16.8 Å². The highest BCUT2D eigenvalue weighted by atomic mass is 16.3. The monoisotopic (exact) mass is 765 g/mol. The van der Waals surface area contributed by atoms with E-state index in [2.05, 4.69) is 235 Å². The largest absolute Gasteiger partial charge is 0.462 e. The van der Waals surface area contributed by atoms with E-state index in [0.717, 1.165) is 28.0 Å². The summed E-state index contributed by atoms with van der Waals surface area (Å²) in [6.07, 6.45) is 1.80. The molecule has 9 aromatic carbocycles. The third-order valence-corrected chi connectivity index (χ3v) is 13.1. The van der Waals surface area contributed by atoms with Crippen molar-refractivity contribution in [2.24, 2.45) is 0 Å². The Morgan fingerprint density at radius 3 is 1.17 bits per heavy atom. The predicted molar refractivity (Wildman–Crippen MR) is 246 cm³/mol. The molecule has 0 N–H and O–H groups in total. The number of para-hydroxylation sites is 1. The van der Waals surface area contributed by atoms with Crippen molar-refractivity contribution >= 4 is 28.0 Å². The van der Waals surface area contributed by atoms with Crippen LogP contribution in [0.1, 0.15) is 44.5 Å². The second-order valence-corrected chi connectivity index (χ2v) is 16.0. The number of furan rings is 1. The SMILES string of the molecule is c1ccc(C2(c3ccccc3)c3ccccc3-c3ccc(N(c4ccc5c(c4)C(c4ccccc4)(c4ccccc4)c4ccccc4-5)c4cccc5ccoc45)cc32)cc1. The average molecular weight is 766 g/mol. The third-order valence-electron chi connectivity index (χ3n) is 13.1. The van der Waals surface area contributed by atoms with E-state index >= 15 is 0 Å². The maximum Gasteiger partial charge on any atom is 0.157 e. The second kappa shape index (κ2) is 13.4. The maximum atomic E-state index is 6.38. The lowest BCUT2D eigenvalue weighted by Crippen LogP contribution is -2.29. The minimum absolute atomic E-state index is 0.540. The van der Waals surface area contributed by atoms with Gasteiger partial charge in [0.1, 0.15) is 0 Å². The van der Waals surface area contributed by atoms with Crippen LogP contribution in [0, 0.1) is 0 Å². The smallest absolute Gasteiger partial charge is 0.157 e. The van der Waals surface area contributed by atoms with Gasteiger partial charge in [-0.1, -0.05) is 194 Å². The Morgan fingerprint density at radius 2 is 0.717 bits per heavy atom. The van der Waals surface area contributed by atoms with Crippen molar-refractivity contribution in [3.8, 4) is 22.3 Å². The van der Waals surface area contributed by atoms with Gasteiger partial charge in [0.15, 0.2) is 5.58 Å². The first-order valence-electron chi connectivity index (χ1n) is 20.8. The molecule has 12 rings (SSSR count). The molecule has 2 heteroatoms. The van der Waals surface area contributed by atoms with Crippen LogP contribution in [0.3, 0.4) is 0 Å². The highest BCUT2D eigenvalue weighted by Crippen LogP contribution is 2.59. The molecule has 10 aromatic rings. The number of benzene rings is 9. The Morgan fingerprint density at radius 1 is 0.317 bits per heavy atom. The van der Waals surface area contributed by atoms with Gasteiger partial charge in [-0.3, -0.25) is 0 Å². The maximum absolute atomic E-state index is 6.38. The number of fused-ring (bicyclic) bond motifs is 7. The first-order chi connectivity index (χ1) is 29.8. The minimum atomic E-state index is -0.540. The van der Waals surface area contributed by atoms with Crippen LogP contribution < -0.4 is 4.90 Å². The van der Waals surface area contributed by atoms with E-state index in [0.29, 0.717) is 0 Å². The third kappa shape index (κ3) is 4.76. The van der Waals surface area contributed by atoms with Crippen molar-refractivity contribution in [2.45, 2.75) is 10.8 Å². The molecule has 2 nitrogen and oxygen atoms in total. The number of anilines is 3. The van der Waals surface area contributed by atoms with Gasteiger partial charge in [0.25, 0.3) is 0 Å². The first-order valence-corrected chi connectivity index (χ1v) is 20.8. The summed E-state index contributed by atoms with van der Waals surface area (Å²) in [6.45, 7) is 0. The fraction of sp³-hybridized carbons (Fsp3) is 0.0345. The lowest BCUT2D eigenvalue weighted by atomic mass is 9.67. The van der Waals surface area contributed by atoms with E-state index in [4.69, 9.17) is 4.42 Å². The Labute approximate surface area is 350 Å². The van der Waals surface area contributed by atoms with E-state index in [1.54, 1.807) is 6.26 Å². The van der Waals surface area contributed by atoms with Crippen LogP contribution in [-0.2, 0) is 10.8 Å². The molecule has 0 aliphatic heterocycles. The topological polar surface area (TPSA) is 16.4 Å². The molecule has 0 bridgehead atoms. The Kier molecular flexibility index (Phi) is 7.70. The lowest BCUT2D eigenvalue weighted by Gasteiger charge is -2.36. The summed E-state index contributed by atoms with van der Waals surface area (Å²) >= 11 is 0. The van der Waals surface area contributed by atoms with Gasteiger partial charge in [-0.2, -0.15) is 0 Å². The van der Waals surface area contributed by atoms with Gasteiger partial charge >= 0.3 is 0 Å². The van der Waals surface area contributed by atoms with Crippen LogP contribution in [0.2, 0.25) is 0 Å². The summed E-state index contributed by atoms with van der Waals surface area (Å²) in [7, 11) is 0. The van der Waals surface area contributed by atoms with Gasteiger partial charge in [-0.15, -0.1) is 0 Å². The van der Waals surface area contributed by atoms with Crippen molar-refractivity contribution in [1.82, 2.24) is 0 Å². The average Bonchev–Trinajstić information content (AvgIpc) is 4.01. The van der Waals surface area contributed by atoms with Crippen LogP contribution in [0.5, 0.6) is 0 Å². The molecule has 282 valence electrons. The highest BCUT2D eigenvalue weighted by molar-refractivity contribution is 5.98. The molecule has 2 aliphatic rings. The Balaban J connectivity index is 1.16. The van der Waals surface area contributed by atoms with Crippen molar-refractivity contribution in [3.05, 3.63) is 281 Å². The molecule has 1 heterocycles. The predicted octanol–water partition coefficient (Wildman–Crippen LogP) is 14.6. The van der Waals surface area contributed by atoms with Crippen LogP contribution in [0.15, 0.2) is 241 Å². The first kappa shape index (κ1) is 34.4. The lowest BCUT2D eigenvalue weighted by molar-refractivity contribution is 0.616. The Bertz CT molecular complexity index is 2940. The zero-order chi connectivity index (χ0) is 39.7. The van der Waals surface area contributed by atoms with Gasteiger partial charge in [-0.05, 0) is 103 Å². The number of rotatable bonds is 7. The molecule has 60 heavy (non-hydrogen) atoms. The quantitative estimate of drug-likeness (QED) is 0.161. The van der Waals surface area contributed by atoms with Crippen molar-refractivity contribution in [2.75, 3.05) is 4.90 Å². The molecule has 0 saturated heterocycles. The Hall–Kier alpha value is -7.68. The van der Waals surface area contributed by atoms with Crippen LogP contribution in [-0.4, -0.2) is 0 Å². The van der Waals surface area contributed by atoms with Crippen LogP contribution in [0.4, 0.5) is 17.1 Å². The molecule has 0 spiro atoms. The van der Waals surface area contributed by atoms with E-state index in [-0.39, 0.29) is 0 Å². The second-order valence-electron chi connectivity index (χ2n) is 16.0. The zero-order valence-electron chi connectivity index (χ0n) is 32.9. The van der Waals surface area contributed by atoms with E-state index in [1.807, 2.05) is 0 Å². The summed E-state index contributed by atoms with van der Waals surface area (Å²) in [4.78, 5) is 2.42. The van der Waals surface area contributed by atoms with E-state index in [9.17, 15) is 0 Å². The highest BCUT2D eigenvalue weighted by Gasteiger charge is 2.48. The fourth-order valence-electron chi connectivity index (χ4n) is 10.7. The normalized spacial score (nSPS) is 13.9. The summed E-state index contributed by atoms with van der Waals surface area (Å²) in [5.41, 5.74) is 17.9. The summed E-state index contributed by atoms with van der Waals surface area (Å²) in [5, 5.41) is 1.06. The summed E-state index contributed by atoms with van der Waals surface area (Å²) < 4.78 is 6.38. The molecule has 0 saturated carbocycles. The standard InChI is InChI=1S/C58H39NO/c1-5-19-41(20-6-1)57(42-21-7-2-8-22-42)51-29-15-13-27-47(51)49-34-32-45(38-53(49)57)59(55-31-17-18-40-36-37-60-56(40)55)46-33-35-50-48-28-14-16-30-52(48)58(54(50)39-46,43-23-9-3-10-24-43)44-25-11-4-12-26-44/h1-39H. The van der Waals surface area contributed by atoms with Crippen molar-refractivity contribution in [1.29, 1.82) is 0 Å². The zero-order valence-corrected chi connectivity index (χ0v) is 32.9. The molecule has 0 amide bonds. The van der Waals surface area contributed by atoms with Gasteiger partial charge in [0.05, 0.1) is 22.8 Å². The molecule has 0 fully saturated rings. The molecule has 0 atom stereocenters. The molecule has 2 aliphatic carbocycles. The van der Waals surface area contributed by atoms with Gasteiger partial charge in [-0.25, -0.2) is 0 Å². The minimum Gasteiger partial charge on any atom is -0.462 e.